The fourth-order valence-corrected chi connectivity index (χ4v) is 3.68. The van der Waals surface area contributed by atoms with Gasteiger partial charge in [0.2, 0.25) is 11.8 Å². The van der Waals surface area contributed by atoms with E-state index in [9.17, 15) is 9.59 Å². The van der Waals surface area contributed by atoms with E-state index < -0.39 is 0 Å². The standard InChI is InChI=1S/C18H30N2O2/c1-2-13-19-17(21)14-9-11-15(12-10-14)18(22)20-16-7-5-3-4-6-8-16/h2,14-16H,1,3-13H2,(H,19,21)(H,20,22). The van der Waals surface area contributed by atoms with Gasteiger partial charge in [0.25, 0.3) is 0 Å². The van der Waals surface area contributed by atoms with Crippen LogP contribution in [0.1, 0.15) is 64.2 Å². The summed E-state index contributed by atoms with van der Waals surface area (Å²) in [7, 11) is 0. The summed E-state index contributed by atoms with van der Waals surface area (Å²) in [6, 6.07) is 0.378. The first-order valence-electron chi connectivity index (χ1n) is 8.89. The Morgan fingerprint density at radius 2 is 1.41 bits per heavy atom. The van der Waals surface area contributed by atoms with E-state index in [0.29, 0.717) is 12.6 Å². The first-order chi connectivity index (χ1) is 10.7. The Kier molecular flexibility index (Phi) is 6.94. The Morgan fingerprint density at radius 3 is 1.95 bits per heavy atom. The normalized spacial score (nSPS) is 26.7. The molecule has 2 aliphatic carbocycles. The van der Waals surface area contributed by atoms with Crippen molar-refractivity contribution in [3.63, 3.8) is 0 Å². The maximum atomic E-state index is 12.4. The van der Waals surface area contributed by atoms with Gasteiger partial charge in [-0.2, -0.15) is 0 Å². The second kappa shape index (κ2) is 8.96. The molecule has 2 aliphatic rings. The fraction of sp³-hybridized carbons (Fsp3) is 0.778. The van der Waals surface area contributed by atoms with Crippen molar-refractivity contribution in [3.05, 3.63) is 12.7 Å². The van der Waals surface area contributed by atoms with Crippen LogP contribution in [0.15, 0.2) is 12.7 Å². The van der Waals surface area contributed by atoms with Crippen molar-refractivity contribution < 1.29 is 9.59 Å². The van der Waals surface area contributed by atoms with Gasteiger partial charge in [0.05, 0.1) is 0 Å². The summed E-state index contributed by atoms with van der Waals surface area (Å²) in [6.07, 6.45) is 12.4. The first kappa shape index (κ1) is 17.0. The molecule has 0 saturated heterocycles. The van der Waals surface area contributed by atoms with Crippen LogP contribution in [0.4, 0.5) is 0 Å². The molecule has 2 N–H and O–H groups in total. The van der Waals surface area contributed by atoms with Crippen molar-refractivity contribution in [2.75, 3.05) is 6.54 Å². The topological polar surface area (TPSA) is 58.2 Å². The smallest absolute Gasteiger partial charge is 0.223 e. The third-order valence-electron chi connectivity index (χ3n) is 5.09. The highest BCUT2D eigenvalue weighted by Crippen LogP contribution is 2.29. The van der Waals surface area contributed by atoms with Crippen LogP contribution in [0.5, 0.6) is 0 Å². The van der Waals surface area contributed by atoms with Crippen LogP contribution in [0.3, 0.4) is 0 Å². The van der Waals surface area contributed by atoms with E-state index in [1.165, 1.54) is 25.7 Å². The summed E-state index contributed by atoms with van der Waals surface area (Å²) in [5.74, 6) is 0.507. The second-order valence-corrected chi connectivity index (χ2v) is 6.78. The minimum atomic E-state index is 0.0712. The fourth-order valence-electron chi connectivity index (χ4n) is 3.68. The monoisotopic (exact) mass is 306 g/mol. The zero-order chi connectivity index (χ0) is 15.8. The number of carbonyl (C=O) groups is 2. The zero-order valence-corrected chi connectivity index (χ0v) is 13.6. The van der Waals surface area contributed by atoms with Crippen molar-refractivity contribution in [1.82, 2.24) is 10.6 Å². The quantitative estimate of drug-likeness (QED) is 0.606. The molecule has 4 heteroatoms. The summed E-state index contributed by atoms with van der Waals surface area (Å²) in [6.45, 7) is 4.14. The van der Waals surface area contributed by atoms with Gasteiger partial charge in [0, 0.05) is 24.4 Å². The van der Waals surface area contributed by atoms with Crippen LogP contribution >= 0.6 is 0 Å². The zero-order valence-electron chi connectivity index (χ0n) is 13.6. The lowest BCUT2D eigenvalue weighted by Crippen LogP contribution is -2.41. The average molecular weight is 306 g/mol. The maximum Gasteiger partial charge on any atom is 0.223 e. The molecule has 0 bridgehead atoms. The first-order valence-corrected chi connectivity index (χ1v) is 8.89. The van der Waals surface area contributed by atoms with Gasteiger partial charge in [-0.3, -0.25) is 9.59 Å². The lowest BCUT2D eigenvalue weighted by atomic mass is 9.81. The molecule has 0 aromatic rings. The van der Waals surface area contributed by atoms with Gasteiger partial charge in [-0.15, -0.1) is 6.58 Å². The van der Waals surface area contributed by atoms with Gasteiger partial charge < -0.3 is 10.6 Å². The van der Waals surface area contributed by atoms with Crippen LogP contribution < -0.4 is 10.6 Å². The Morgan fingerprint density at radius 1 is 0.864 bits per heavy atom. The van der Waals surface area contributed by atoms with Crippen LogP contribution in [-0.4, -0.2) is 24.4 Å². The second-order valence-electron chi connectivity index (χ2n) is 6.78. The van der Waals surface area contributed by atoms with Crippen molar-refractivity contribution in [3.8, 4) is 0 Å². The number of hydrogen-bond donors (Lipinski definition) is 2. The summed E-state index contributed by atoms with van der Waals surface area (Å²) in [5, 5.41) is 6.12. The molecule has 0 aromatic heterocycles. The molecule has 0 aliphatic heterocycles. The molecule has 22 heavy (non-hydrogen) atoms. The molecule has 124 valence electrons. The van der Waals surface area contributed by atoms with E-state index in [2.05, 4.69) is 17.2 Å². The molecule has 4 nitrogen and oxygen atoms in total. The molecule has 2 fully saturated rings. The highest BCUT2D eigenvalue weighted by Gasteiger charge is 2.30. The highest BCUT2D eigenvalue weighted by molar-refractivity contribution is 5.81. The molecule has 0 radical (unpaired) electrons. The number of hydrogen-bond acceptors (Lipinski definition) is 2. The number of carbonyl (C=O) groups excluding carboxylic acids is 2. The largest absolute Gasteiger partial charge is 0.353 e. The summed E-state index contributed by atoms with van der Waals surface area (Å²) < 4.78 is 0. The predicted octanol–water partition coefficient (Wildman–Crippen LogP) is 2.93. The molecule has 0 unspecified atom stereocenters. The summed E-state index contributed by atoms with van der Waals surface area (Å²) in [5.41, 5.74) is 0. The summed E-state index contributed by atoms with van der Waals surface area (Å²) in [4.78, 5) is 24.3. The van der Waals surface area contributed by atoms with Gasteiger partial charge in [-0.1, -0.05) is 31.8 Å². The average Bonchev–Trinajstić information content (AvgIpc) is 2.81. The summed E-state index contributed by atoms with van der Waals surface area (Å²) >= 11 is 0. The minimum absolute atomic E-state index is 0.0712. The lowest BCUT2D eigenvalue weighted by molar-refractivity contribution is -0.130. The molecular weight excluding hydrogens is 276 g/mol. The molecule has 0 atom stereocenters. The van der Waals surface area contributed by atoms with Gasteiger partial charge >= 0.3 is 0 Å². The molecule has 2 amide bonds. The molecule has 0 spiro atoms. The van der Waals surface area contributed by atoms with Gasteiger partial charge in [-0.05, 0) is 38.5 Å². The number of rotatable bonds is 5. The molecular formula is C18H30N2O2. The van der Waals surface area contributed by atoms with E-state index >= 15 is 0 Å². The van der Waals surface area contributed by atoms with E-state index in [4.69, 9.17) is 0 Å². The van der Waals surface area contributed by atoms with Crippen LogP contribution in [0.25, 0.3) is 0 Å². The van der Waals surface area contributed by atoms with E-state index in [1.807, 2.05) is 0 Å². The maximum absolute atomic E-state index is 12.4. The lowest BCUT2D eigenvalue weighted by Gasteiger charge is -2.28. The molecule has 2 saturated carbocycles. The van der Waals surface area contributed by atoms with Crippen molar-refractivity contribution in [2.24, 2.45) is 11.8 Å². The van der Waals surface area contributed by atoms with Crippen LogP contribution in [-0.2, 0) is 9.59 Å². The Balaban J connectivity index is 1.72. The SMILES string of the molecule is C=CCNC(=O)C1CCC(C(=O)NC2CCCCCC2)CC1. The van der Waals surface area contributed by atoms with Crippen LogP contribution in [0.2, 0.25) is 0 Å². The van der Waals surface area contributed by atoms with Gasteiger partial charge in [0.15, 0.2) is 0 Å². The van der Waals surface area contributed by atoms with Gasteiger partial charge in [0.1, 0.15) is 0 Å². The Hall–Kier alpha value is -1.32. The third-order valence-corrected chi connectivity index (χ3v) is 5.09. The third kappa shape index (κ3) is 5.15. The van der Waals surface area contributed by atoms with E-state index in [0.717, 1.165) is 38.5 Å². The predicted molar refractivity (Wildman–Crippen MR) is 88.3 cm³/mol. The number of amides is 2. The number of nitrogens with one attached hydrogen (secondary N) is 2. The molecule has 0 aromatic carbocycles. The van der Waals surface area contributed by atoms with Crippen molar-refractivity contribution in [2.45, 2.75) is 70.3 Å². The highest BCUT2D eigenvalue weighted by atomic mass is 16.2. The van der Waals surface area contributed by atoms with Gasteiger partial charge in [-0.25, -0.2) is 0 Å². The van der Waals surface area contributed by atoms with Crippen LogP contribution in [0, 0.1) is 11.8 Å². The Labute approximate surface area is 134 Å². The Bertz CT molecular complexity index is 379. The minimum Gasteiger partial charge on any atom is -0.353 e. The molecule has 2 rings (SSSR count). The van der Waals surface area contributed by atoms with E-state index in [-0.39, 0.29) is 23.7 Å². The van der Waals surface area contributed by atoms with Crippen molar-refractivity contribution >= 4 is 11.8 Å². The van der Waals surface area contributed by atoms with Crippen molar-refractivity contribution in [1.29, 1.82) is 0 Å². The molecule has 0 heterocycles. The van der Waals surface area contributed by atoms with E-state index in [1.54, 1.807) is 6.08 Å².